The van der Waals surface area contributed by atoms with Gasteiger partial charge in [0.15, 0.2) is 0 Å². The van der Waals surface area contributed by atoms with Gasteiger partial charge in [0.2, 0.25) is 9.84 Å². The van der Waals surface area contributed by atoms with E-state index in [1.54, 1.807) is 12.1 Å². The standard InChI is InChI=1S/C40H50O6S/c1-7-9-11-21-39(3,4)27-13-17-35(43)31(23-27)33-25-29(41)15-19-37(33)47(45,46)38-20-16-30(42)26-34(38)32-24-28(14-18-36(32)44)40(5,6)22-12-10-8-2/h13-20,23-26,41-44H,7-12,21-22H2,1-6H3. The van der Waals surface area contributed by atoms with E-state index in [1.165, 1.54) is 36.4 Å². The molecule has 4 aromatic rings. The first-order valence-corrected chi connectivity index (χ1v) is 18.2. The molecule has 4 rings (SSSR count). The molecule has 0 saturated carbocycles. The lowest BCUT2D eigenvalue weighted by Crippen LogP contribution is -2.17. The SMILES string of the molecule is CCCCCC(C)(C)c1ccc(O)c(-c2cc(O)ccc2S(=O)(=O)c2ccc(O)cc2-c2cc(C(C)(C)CCCCC)ccc2O)c1. The predicted molar refractivity (Wildman–Crippen MR) is 190 cm³/mol. The van der Waals surface area contributed by atoms with E-state index in [9.17, 15) is 28.8 Å². The van der Waals surface area contributed by atoms with Crippen LogP contribution in [0.2, 0.25) is 0 Å². The lowest BCUT2D eigenvalue weighted by atomic mass is 9.79. The summed E-state index contributed by atoms with van der Waals surface area (Å²) in [4.78, 5) is -0.233. The monoisotopic (exact) mass is 658 g/mol. The van der Waals surface area contributed by atoms with Gasteiger partial charge in [-0.3, -0.25) is 0 Å². The summed E-state index contributed by atoms with van der Waals surface area (Å²) in [6.45, 7) is 12.8. The third-order valence-corrected chi connectivity index (χ3v) is 11.3. The van der Waals surface area contributed by atoms with Gasteiger partial charge in [0, 0.05) is 22.3 Å². The van der Waals surface area contributed by atoms with Crippen molar-refractivity contribution in [1.29, 1.82) is 0 Å². The number of benzene rings is 4. The summed E-state index contributed by atoms with van der Waals surface area (Å²) in [6, 6.07) is 18.5. The number of unbranched alkanes of at least 4 members (excludes halogenated alkanes) is 4. The molecule has 0 fully saturated rings. The van der Waals surface area contributed by atoms with Gasteiger partial charge in [-0.1, -0.05) is 92.2 Å². The van der Waals surface area contributed by atoms with Crippen molar-refractivity contribution in [3.05, 3.63) is 83.9 Å². The normalized spacial score (nSPS) is 12.4. The van der Waals surface area contributed by atoms with Gasteiger partial charge in [-0.25, -0.2) is 8.42 Å². The second kappa shape index (κ2) is 14.4. The van der Waals surface area contributed by atoms with Crippen molar-refractivity contribution >= 4 is 9.84 Å². The minimum absolute atomic E-state index is 0.110. The van der Waals surface area contributed by atoms with E-state index >= 15 is 0 Å². The van der Waals surface area contributed by atoms with E-state index < -0.39 is 9.84 Å². The van der Waals surface area contributed by atoms with Crippen LogP contribution in [0.3, 0.4) is 0 Å². The molecule has 47 heavy (non-hydrogen) atoms. The Bertz CT molecular complexity index is 1690. The van der Waals surface area contributed by atoms with Crippen LogP contribution in [0.25, 0.3) is 22.3 Å². The zero-order chi connectivity index (χ0) is 34.6. The molecule has 0 aliphatic rings. The molecule has 0 spiro atoms. The van der Waals surface area contributed by atoms with E-state index in [1.807, 2.05) is 24.3 Å². The largest absolute Gasteiger partial charge is 0.508 e. The summed E-state index contributed by atoms with van der Waals surface area (Å²) < 4.78 is 29.3. The number of phenolic OH excluding ortho intramolecular Hbond substituents is 4. The number of phenols is 4. The number of sulfone groups is 1. The molecular weight excluding hydrogens is 609 g/mol. The molecule has 0 aromatic heterocycles. The van der Waals surface area contributed by atoms with Gasteiger partial charge in [0.05, 0.1) is 9.79 Å². The van der Waals surface area contributed by atoms with Crippen molar-refractivity contribution in [2.75, 3.05) is 0 Å². The number of hydrogen-bond acceptors (Lipinski definition) is 6. The fourth-order valence-corrected chi connectivity index (χ4v) is 7.96. The Hall–Kier alpha value is -3.97. The summed E-state index contributed by atoms with van der Waals surface area (Å²) in [6.07, 6.45) is 8.33. The Morgan fingerprint density at radius 2 is 0.894 bits per heavy atom. The Morgan fingerprint density at radius 1 is 0.511 bits per heavy atom. The number of hydrogen-bond donors (Lipinski definition) is 4. The van der Waals surface area contributed by atoms with Gasteiger partial charge in [-0.2, -0.15) is 0 Å². The Kier molecular flexibility index (Phi) is 11.0. The first kappa shape index (κ1) is 35.9. The molecule has 0 heterocycles. The van der Waals surface area contributed by atoms with Crippen LogP contribution in [0.5, 0.6) is 23.0 Å². The number of aromatic hydroxyl groups is 4. The van der Waals surface area contributed by atoms with E-state index in [4.69, 9.17) is 0 Å². The van der Waals surface area contributed by atoms with Crippen molar-refractivity contribution in [3.8, 4) is 45.3 Å². The molecule has 6 nitrogen and oxygen atoms in total. The molecule has 0 aliphatic carbocycles. The Balaban J connectivity index is 1.89. The molecule has 0 aliphatic heterocycles. The maximum Gasteiger partial charge on any atom is 0.207 e. The van der Waals surface area contributed by atoms with Gasteiger partial charge >= 0.3 is 0 Å². The van der Waals surface area contributed by atoms with Crippen molar-refractivity contribution < 1.29 is 28.8 Å². The predicted octanol–water partition coefficient (Wildman–Crippen LogP) is 10.4. The van der Waals surface area contributed by atoms with E-state index in [0.29, 0.717) is 11.1 Å². The molecule has 0 radical (unpaired) electrons. The van der Waals surface area contributed by atoms with Crippen molar-refractivity contribution in [2.24, 2.45) is 0 Å². The van der Waals surface area contributed by atoms with E-state index in [2.05, 4.69) is 41.5 Å². The Labute approximate surface area is 280 Å². The zero-order valence-corrected chi connectivity index (χ0v) is 29.4. The summed E-state index contributed by atoms with van der Waals surface area (Å²) >= 11 is 0. The average molecular weight is 659 g/mol. The van der Waals surface area contributed by atoms with Crippen LogP contribution >= 0.6 is 0 Å². The van der Waals surface area contributed by atoms with Crippen LogP contribution in [0, 0.1) is 0 Å². The summed E-state index contributed by atoms with van der Waals surface area (Å²) in [7, 11) is -4.34. The fourth-order valence-electron chi connectivity index (χ4n) is 6.31. The van der Waals surface area contributed by atoms with Crippen molar-refractivity contribution in [1.82, 2.24) is 0 Å². The van der Waals surface area contributed by atoms with Crippen LogP contribution in [-0.2, 0) is 20.7 Å². The molecule has 4 N–H and O–H groups in total. The lowest BCUT2D eigenvalue weighted by molar-refractivity contribution is 0.447. The van der Waals surface area contributed by atoms with Crippen molar-refractivity contribution in [2.45, 2.75) is 114 Å². The zero-order valence-electron chi connectivity index (χ0n) is 28.6. The van der Waals surface area contributed by atoms with Crippen LogP contribution in [-0.4, -0.2) is 28.8 Å². The third-order valence-electron chi connectivity index (χ3n) is 9.45. The summed E-state index contributed by atoms with van der Waals surface area (Å²) in [5.74, 6) is -0.511. The quantitative estimate of drug-likeness (QED) is 0.100. The topological polar surface area (TPSA) is 115 Å². The summed E-state index contributed by atoms with van der Waals surface area (Å²) in [5, 5.41) is 43.2. The molecule has 4 aromatic carbocycles. The highest BCUT2D eigenvalue weighted by atomic mass is 32.2. The molecule has 252 valence electrons. The van der Waals surface area contributed by atoms with Gasteiger partial charge < -0.3 is 20.4 Å². The maximum atomic E-state index is 14.7. The molecular formula is C40H50O6S. The number of rotatable bonds is 14. The highest BCUT2D eigenvalue weighted by Crippen LogP contribution is 2.45. The molecule has 0 unspecified atom stereocenters. The second-order valence-electron chi connectivity index (χ2n) is 14.0. The van der Waals surface area contributed by atoms with Gasteiger partial charge in [-0.05, 0) is 95.5 Å². The van der Waals surface area contributed by atoms with Crippen LogP contribution in [0.15, 0.2) is 82.6 Å². The van der Waals surface area contributed by atoms with Crippen LogP contribution in [0.1, 0.15) is 104 Å². The minimum Gasteiger partial charge on any atom is -0.508 e. The Morgan fingerprint density at radius 3 is 1.26 bits per heavy atom. The third kappa shape index (κ3) is 7.95. The van der Waals surface area contributed by atoms with Crippen molar-refractivity contribution in [3.63, 3.8) is 0 Å². The average Bonchev–Trinajstić information content (AvgIpc) is 3.01. The summed E-state index contributed by atoms with van der Waals surface area (Å²) in [5.41, 5.74) is 2.32. The highest BCUT2D eigenvalue weighted by molar-refractivity contribution is 7.91. The van der Waals surface area contributed by atoms with Crippen LogP contribution in [0.4, 0.5) is 0 Å². The molecule has 0 amide bonds. The van der Waals surface area contributed by atoms with Gasteiger partial charge in [0.1, 0.15) is 23.0 Å². The smallest absolute Gasteiger partial charge is 0.207 e. The first-order chi connectivity index (χ1) is 22.1. The second-order valence-corrected chi connectivity index (χ2v) is 15.9. The highest BCUT2D eigenvalue weighted by Gasteiger charge is 2.30. The molecule has 0 saturated heterocycles. The molecule has 0 atom stereocenters. The minimum atomic E-state index is -4.34. The van der Waals surface area contributed by atoms with Crippen LogP contribution < -0.4 is 0 Å². The molecule has 7 heteroatoms. The maximum absolute atomic E-state index is 14.7. The lowest BCUT2D eigenvalue weighted by Gasteiger charge is -2.27. The van der Waals surface area contributed by atoms with E-state index in [0.717, 1.165) is 62.5 Å². The van der Waals surface area contributed by atoms with E-state index in [-0.39, 0.29) is 54.7 Å². The molecule has 0 bridgehead atoms. The fraction of sp³-hybridized carbons (Fsp3) is 0.400. The first-order valence-electron chi connectivity index (χ1n) is 16.7. The van der Waals surface area contributed by atoms with Gasteiger partial charge in [-0.15, -0.1) is 0 Å². The van der Waals surface area contributed by atoms with Gasteiger partial charge in [0.25, 0.3) is 0 Å².